The highest BCUT2D eigenvalue weighted by Crippen LogP contribution is 2.19. The summed E-state index contributed by atoms with van der Waals surface area (Å²) in [6.45, 7) is 2.51. The zero-order chi connectivity index (χ0) is 13.8. The number of hydrogen-bond donors (Lipinski definition) is 0. The minimum atomic E-state index is -0.445. The first kappa shape index (κ1) is 13.7. The number of carbonyl (C=O) groups is 2. The number of ether oxygens (including phenoxy) is 1. The highest BCUT2D eigenvalue weighted by Gasteiger charge is 2.33. The van der Waals surface area contributed by atoms with E-state index in [1.807, 2.05) is 12.3 Å². The lowest BCUT2D eigenvalue weighted by Crippen LogP contribution is -2.40. The highest BCUT2D eigenvalue weighted by molar-refractivity contribution is 7.09. The summed E-state index contributed by atoms with van der Waals surface area (Å²) < 4.78 is 4.71. The van der Waals surface area contributed by atoms with Gasteiger partial charge in [0.1, 0.15) is 6.04 Å². The molecule has 1 fully saturated rings. The predicted molar refractivity (Wildman–Crippen MR) is 72.6 cm³/mol. The van der Waals surface area contributed by atoms with Crippen LogP contribution in [0.3, 0.4) is 0 Å². The molecule has 1 aromatic rings. The number of aromatic nitrogens is 1. The summed E-state index contributed by atoms with van der Waals surface area (Å²) in [5.41, 5.74) is 0.768. The number of methoxy groups -OCH3 is 1. The van der Waals surface area contributed by atoms with Gasteiger partial charge in [0.05, 0.1) is 17.8 Å². The van der Waals surface area contributed by atoms with E-state index in [9.17, 15) is 9.59 Å². The Labute approximate surface area is 115 Å². The van der Waals surface area contributed by atoms with E-state index in [4.69, 9.17) is 4.74 Å². The molecule has 5 nitrogen and oxygen atoms in total. The third-order valence-corrected chi connectivity index (χ3v) is 3.83. The van der Waals surface area contributed by atoms with E-state index in [0.29, 0.717) is 13.0 Å². The molecular formula is C13H16N2O3S. The molecule has 0 radical (unpaired) electrons. The Balaban J connectivity index is 2.03. The molecule has 2 rings (SSSR count). The maximum Gasteiger partial charge on any atom is 0.328 e. The van der Waals surface area contributed by atoms with Gasteiger partial charge in [-0.25, -0.2) is 9.78 Å². The van der Waals surface area contributed by atoms with Crippen LogP contribution >= 0.6 is 11.3 Å². The summed E-state index contributed by atoms with van der Waals surface area (Å²) in [6, 6.07) is -0.445. The van der Waals surface area contributed by atoms with E-state index >= 15 is 0 Å². The lowest BCUT2D eigenvalue weighted by Gasteiger charge is -2.20. The van der Waals surface area contributed by atoms with Crippen molar-refractivity contribution in [2.45, 2.75) is 25.8 Å². The number of amides is 1. The van der Waals surface area contributed by atoms with E-state index in [1.165, 1.54) is 24.5 Å². The summed E-state index contributed by atoms with van der Waals surface area (Å²) in [7, 11) is 1.34. The maximum atomic E-state index is 12.1. The van der Waals surface area contributed by atoms with E-state index in [0.717, 1.165) is 17.1 Å². The smallest absolute Gasteiger partial charge is 0.328 e. The van der Waals surface area contributed by atoms with Crippen LogP contribution in [-0.4, -0.2) is 41.5 Å². The molecule has 1 atom stereocenters. The van der Waals surface area contributed by atoms with E-state index in [1.54, 1.807) is 11.0 Å². The van der Waals surface area contributed by atoms with Crippen LogP contribution in [0.2, 0.25) is 0 Å². The van der Waals surface area contributed by atoms with Gasteiger partial charge in [-0.3, -0.25) is 4.79 Å². The number of nitrogens with zero attached hydrogens (tertiary/aromatic N) is 2. The zero-order valence-corrected chi connectivity index (χ0v) is 11.8. The molecule has 0 spiro atoms. The Morgan fingerprint density at radius 2 is 2.37 bits per heavy atom. The molecule has 0 saturated carbocycles. The molecule has 1 unspecified atom stereocenters. The van der Waals surface area contributed by atoms with E-state index < -0.39 is 6.04 Å². The summed E-state index contributed by atoms with van der Waals surface area (Å²) in [4.78, 5) is 29.4. The van der Waals surface area contributed by atoms with Crippen molar-refractivity contribution in [2.24, 2.45) is 0 Å². The van der Waals surface area contributed by atoms with Gasteiger partial charge in [-0.15, -0.1) is 11.3 Å². The van der Waals surface area contributed by atoms with Crippen LogP contribution in [0.4, 0.5) is 0 Å². The third-order valence-electron chi connectivity index (χ3n) is 3.04. The average molecular weight is 280 g/mol. The Bertz CT molecular complexity index is 510. The number of carbonyl (C=O) groups excluding carboxylic acids is 2. The second kappa shape index (κ2) is 5.97. The van der Waals surface area contributed by atoms with Crippen LogP contribution in [0.1, 0.15) is 23.5 Å². The second-order valence-electron chi connectivity index (χ2n) is 4.34. The molecule has 1 aliphatic rings. The third kappa shape index (κ3) is 3.20. The molecule has 0 bridgehead atoms. The standard InChI is InChI=1S/C13H16N2O3S/c1-9-14-10(8-19-9)5-6-12(16)15-7-3-4-11(15)13(17)18-2/h5-6,8,11H,3-4,7H2,1-2H3/b6-5+. The molecule has 1 aromatic heterocycles. The van der Waals surface area contributed by atoms with Gasteiger partial charge >= 0.3 is 5.97 Å². The lowest BCUT2D eigenvalue weighted by molar-refractivity contribution is -0.149. The second-order valence-corrected chi connectivity index (χ2v) is 5.40. The predicted octanol–water partition coefficient (Wildman–Crippen LogP) is 1.63. The van der Waals surface area contributed by atoms with Crippen molar-refractivity contribution in [3.63, 3.8) is 0 Å². The summed E-state index contributed by atoms with van der Waals surface area (Å²) in [5.74, 6) is -0.512. The van der Waals surface area contributed by atoms with Crippen molar-refractivity contribution in [1.29, 1.82) is 0 Å². The molecular weight excluding hydrogens is 264 g/mol. The largest absolute Gasteiger partial charge is 0.467 e. The van der Waals surface area contributed by atoms with Crippen LogP contribution in [0.15, 0.2) is 11.5 Å². The van der Waals surface area contributed by atoms with Gasteiger partial charge in [0.15, 0.2) is 0 Å². The molecule has 6 heteroatoms. The quantitative estimate of drug-likeness (QED) is 0.623. The zero-order valence-electron chi connectivity index (χ0n) is 11.0. The van der Waals surface area contributed by atoms with Gasteiger partial charge in [0.2, 0.25) is 5.91 Å². The van der Waals surface area contributed by atoms with Gasteiger partial charge < -0.3 is 9.64 Å². The number of hydrogen-bond acceptors (Lipinski definition) is 5. The number of aryl methyl sites for hydroxylation is 1. The molecule has 19 heavy (non-hydrogen) atoms. The Kier molecular flexibility index (Phi) is 4.31. The van der Waals surface area contributed by atoms with Crippen molar-refractivity contribution in [2.75, 3.05) is 13.7 Å². The molecule has 1 aliphatic heterocycles. The number of likely N-dealkylation sites (tertiary alicyclic amines) is 1. The Morgan fingerprint density at radius 3 is 3.00 bits per heavy atom. The van der Waals surface area contributed by atoms with Gasteiger partial charge in [-0.1, -0.05) is 0 Å². The minimum absolute atomic E-state index is 0.168. The lowest BCUT2D eigenvalue weighted by atomic mass is 10.2. The fourth-order valence-electron chi connectivity index (χ4n) is 2.12. The highest BCUT2D eigenvalue weighted by atomic mass is 32.1. The molecule has 1 saturated heterocycles. The topological polar surface area (TPSA) is 59.5 Å². The Hall–Kier alpha value is -1.69. The van der Waals surface area contributed by atoms with Crippen LogP contribution in [-0.2, 0) is 14.3 Å². The van der Waals surface area contributed by atoms with E-state index in [2.05, 4.69) is 4.98 Å². The number of esters is 1. The first-order valence-electron chi connectivity index (χ1n) is 6.10. The maximum absolute atomic E-state index is 12.1. The van der Waals surface area contributed by atoms with Crippen molar-refractivity contribution in [3.05, 3.63) is 22.2 Å². The molecule has 0 aliphatic carbocycles. The molecule has 0 N–H and O–H groups in total. The number of rotatable bonds is 3. The fourth-order valence-corrected chi connectivity index (χ4v) is 2.70. The van der Waals surface area contributed by atoms with Crippen molar-refractivity contribution < 1.29 is 14.3 Å². The molecule has 102 valence electrons. The Morgan fingerprint density at radius 1 is 1.58 bits per heavy atom. The van der Waals surface area contributed by atoms with Crippen LogP contribution in [0, 0.1) is 6.92 Å². The first-order valence-corrected chi connectivity index (χ1v) is 6.98. The SMILES string of the molecule is COC(=O)C1CCCN1C(=O)/C=C/c1csc(C)n1. The van der Waals surface area contributed by atoms with Crippen LogP contribution < -0.4 is 0 Å². The first-order chi connectivity index (χ1) is 9.11. The molecule has 0 aromatic carbocycles. The monoisotopic (exact) mass is 280 g/mol. The average Bonchev–Trinajstić information content (AvgIpc) is 3.03. The van der Waals surface area contributed by atoms with Crippen LogP contribution in [0.5, 0.6) is 0 Å². The van der Waals surface area contributed by atoms with Gasteiger partial charge in [0, 0.05) is 18.0 Å². The van der Waals surface area contributed by atoms with Crippen molar-refractivity contribution in [1.82, 2.24) is 9.88 Å². The van der Waals surface area contributed by atoms with Gasteiger partial charge in [-0.05, 0) is 25.8 Å². The van der Waals surface area contributed by atoms with Crippen molar-refractivity contribution >= 4 is 29.3 Å². The molecule has 1 amide bonds. The van der Waals surface area contributed by atoms with Gasteiger partial charge in [-0.2, -0.15) is 0 Å². The summed E-state index contributed by atoms with van der Waals surface area (Å²) in [6.07, 6.45) is 4.64. The van der Waals surface area contributed by atoms with Gasteiger partial charge in [0.25, 0.3) is 0 Å². The molecule has 2 heterocycles. The minimum Gasteiger partial charge on any atom is -0.467 e. The summed E-state index contributed by atoms with van der Waals surface area (Å²) >= 11 is 1.54. The van der Waals surface area contributed by atoms with Crippen molar-refractivity contribution in [3.8, 4) is 0 Å². The fraction of sp³-hybridized carbons (Fsp3) is 0.462. The van der Waals surface area contributed by atoms with E-state index in [-0.39, 0.29) is 11.9 Å². The summed E-state index contributed by atoms with van der Waals surface area (Å²) in [5, 5.41) is 2.85. The van der Waals surface area contributed by atoms with Crippen LogP contribution in [0.25, 0.3) is 6.08 Å². The number of thiazole rings is 1. The normalized spacial score (nSPS) is 19.1.